The number of fused-ring (bicyclic) bond motifs is 1. The van der Waals surface area contributed by atoms with Crippen LogP contribution in [0.4, 0.5) is 19.0 Å². The first-order chi connectivity index (χ1) is 14.7. The maximum atomic E-state index is 13.2. The van der Waals surface area contributed by atoms with Crippen LogP contribution in [0.5, 0.6) is 0 Å². The number of carbonyl (C=O) groups is 1. The molecule has 1 saturated heterocycles. The van der Waals surface area contributed by atoms with E-state index in [9.17, 15) is 18.0 Å². The van der Waals surface area contributed by atoms with E-state index in [1.807, 2.05) is 0 Å². The van der Waals surface area contributed by atoms with Gasteiger partial charge in [-0.25, -0.2) is 9.97 Å². The summed E-state index contributed by atoms with van der Waals surface area (Å²) in [4.78, 5) is 20.7. The van der Waals surface area contributed by atoms with Crippen molar-refractivity contribution in [1.82, 2.24) is 15.3 Å². The number of piperidine rings is 1. The number of halogens is 3. The summed E-state index contributed by atoms with van der Waals surface area (Å²) in [6.45, 7) is 2.97. The lowest BCUT2D eigenvalue weighted by molar-refractivity contribution is -0.137. The van der Waals surface area contributed by atoms with E-state index in [0.717, 1.165) is 6.07 Å². The van der Waals surface area contributed by atoms with Crippen LogP contribution >= 0.6 is 0 Å². The van der Waals surface area contributed by atoms with Crippen LogP contribution in [0.25, 0.3) is 10.9 Å². The van der Waals surface area contributed by atoms with Gasteiger partial charge in [0.2, 0.25) is 0 Å². The predicted molar refractivity (Wildman–Crippen MR) is 112 cm³/mol. The van der Waals surface area contributed by atoms with Crippen molar-refractivity contribution in [2.45, 2.75) is 31.5 Å². The molecule has 1 amide bonds. The molecular formula is C22H22F3N5O. The van der Waals surface area contributed by atoms with Crippen LogP contribution in [0.2, 0.25) is 0 Å². The fourth-order valence-corrected chi connectivity index (χ4v) is 4.10. The average Bonchev–Trinajstić information content (AvgIpc) is 2.73. The molecule has 0 aliphatic carbocycles. The van der Waals surface area contributed by atoms with E-state index in [1.54, 1.807) is 31.2 Å². The van der Waals surface area contributed by atoms with Crippen molar-refractivity contribution in [2.24, 2.45) is 5.73 Å². The molecule has 0 spiro atoms. The van der Waals surface area contributed by atoms with Crippen LogP contribution in [0.15, 0.2) is 42.5 Å². The number of primary amides is 1. The van der Waals surface area contributed by atoms with Crippen LogP contribution in [0.3, 0.4) is 0 Å². The van der Waals surface area contributed by atoms with E-state index in [2.05, 4.69) is 20.6 Å². The lowest BCUT2D eigenvalue weighted by atomic mass is 9.85. The van der Waals surface area contributed by atoms with Gasteiger partial charge in [-0.2, -0.15) is 13.2 Å². The van der Waals surface area contributed by atoms with Crippen LogP contribution in [-0.2, 0) is 6.18 Å². The van der Waals surface area contributed by atoms with Gasteiger partial charge in [-0.1, -0.05) is 24.3 Å². The first-order valence-electron chi connectivity index (χ1n) is 9.95. The molecule has 2 atom stereocenters. The lowest BCUT2D eigenvalue weighted by Gasteiger charge is -2.34. The number of rotatable bonds is 4. The molecule has 0 saturated carbocycles. The van der Waals surface area contributed by atoms with Gasteiger partial charge in [0.1, 0.15) is 11.6 Å². The van der Waals surface area contributed by atoms with Gasteiger partial charge in [0, 0.05) is 23.9 Å². The predicted octanol–water partition coefficient (Wildman–Crippen LogP) is 3.61. The Balaban J connectivity index is 1.72. The number of nitrogens with one attached hydrogen (secondary N) is 2. The van der Waals surface area contributed by atoms with Gasteiger partial charge < -0.3 is 16.4 Å². The maximum absolute atomic E-state index is 13.2. The lowest BCUT2D eigenvalue weighted by Crippen LogP contribution is -2.44. The quantitative estimate of drug-likeness (QED) is 0.589. The molecule has 0 bridgehead atoms. The fraction of sp³-hybridized carbons (Fsp3) is 0.318. The number of para-hydroxylation sites is 1. The molecule has 31 heavy (non-hydrogen) atoms. The molecule has 4 rings (SSSR count). The summed E-state index contributed by atoms with van der Waals surface area (Å²) in [5.74, 6) is 0.253. The van der Waals surface area contributed by atoms with Crippen molar-refractivity contribution in [3.63, 3.8) is 0 Å². The molecule has 9 heteroatoms. The second kappa shape index (κ2) is 8.14. The van der Waals surface area contributed by atoms with Crippen molar-refractivity contribution in [3.05, 3.63) is 65.0 Å². The normalized spacial score (nSPS) is 19.4. The van der Waals surface area contributed by atoms with Crippen LogP contribution in [0, 0.1) is 6.92 Å². The summed E-state index contributed by atoms with van der Waals surface area (Å²) in [5.41, 5.74) is 6.20. The van der Waals surface area contributed by atoms with E-state index < -0.39 is 17.6 Å². The van der Waals surface area contributed by atoms with Gasteiger partial charge in [0.15, 0.2) is 0 Å². The second-order valence-electron chi connectivity index (χ2n) is 7.66. The highest BCUT2D eigenvalue weighted by Gasteiger charge is 2.33. The maximum Gasteiger partial charge on any atom is 0.416 e. The smallest absolute Gasteiger partial charge is 0.366 e. The van der Waals surface area contributed by atoms with Crippen molar-refractivity contribution in [1.29, 1.82) is 0 Å². The zero-order valence-corrected chi connectivity index (χ0v) is 16.8. The third-order valence-corrected chi connectivity index (χ3v) is 5.55. The Morgan fingerprint density at radius 2 is 1.97 bits per heavy atom. The topological polar surface area (TPSA) is 92.9 Å². The summed E-state index contributed by atoms with van der Waals surface area (Å²) >= 11 is 0. The standard InChI is InChI=1S/C22H22F3N5O/c1-12-28-19-16(20(26)31)6-3-7-17(19)21(29-12)30-18-11-27-9-8-15(18)13-4-2-5-14(10-13)22(23,24)25/h2-7,10,15,18,27H,8-9,11H2,1H3,(H2,26,31)(H,28,29,30)/t15-,18+/m1/s1. The summed E-state index contributed by atoms with van der Waals surface area (Å²) < 4.78 is 39.7. The zero-order valence-electron chi connectivity index (χ0n) is 16.8. The van der Waals surface area contributed by atoms with E-state index in [-0.39, 0.29) is 12.0 Å². The summed E-state index contributed by atoms with van der Waals surface area (Å²) in [5, 5.41) is 7.31. The zero-order chi connectivity index (χ0) is 22.2. The molecule has 1 fully saturated rings. The minimum Gasteiger partial charge on any atom is -0.366 e. The first-order valence-corrected chi connectivity index (χ1v) is 9.95. The Morgan fingerprint density at radius 1 is 1.19 bits per heavy atom. The number of amides is 1. The monoisotopic (exact) mass is 429 g/mol. The van der Waals surface area contributed by atoms with Crippen molar-refractivity contribution >= 4 is 22.6 Å². The summed E-state index contributed by atoms with van der Waals surface area (Å²) in [6.07, 6.45) is -3.72. The minimum atomic E-state index is -4.39. The van der Waals surface area contributed by atoms with Gasteiger partial charge in [-0.05, 0) is 43.7 Å². The number of anilines is 1. The number of hydrogen-bond acceptors (Lipinski definition) is 5. The highest BCUT2D eigenvalue weighted by Crippen LogP contribution is 2.35. The fourth-order valence-electron chi connectivity index (χ4n) is 4.10. The largest absolute Gasteiger partial charge is 0.416 e. The number of aryl methyl sites for hydroxylation is 1. The molecule has 2 heterocycles. The number of benzene rings is 2. The molecule has 162 valence electrons. The van der Waals surface area contributed by atoms with E-state index >= 15 is 0 Å². The number of aromatic nitrogens is 2. The Bertz CT molecular complexity index is 1130. The number of carbonyl (C=O) groups excluding carboxylic acids is 1. The van der Waals surface area contributed by atoms with Gasteiger partial charge in [-0.3, -0.25) is 4.79 Å². The Hall–Kier alpha value is -3.20. The Morgan fingerprint density at radius 3 is 2.71 bits per heavy atom. The van der Waals surface area contributed by atoms with Gasteiger partial charge in [0.05, 0.1) is 16.6 Å². The second-order valence-corrected chi connectivity index (χ2v) is 7.66. The molecule has 1 aromatic heterocycles. The number of alkyl halides is 3. The molecule has 0 unspecified atom stereocenters. The van der Waals surface area contributed by atoms with Crippen molar-refractivity contribution in [2.75, 3.05) is 18.4 Å². The number of nitrogens with zero attached hydrogens (tertiary/aromatic N) is 2. The molecule has 3 aromatic rings. The van der Waals surface area contributed by atoms with E-state index in [0.29, 0.717) is 53.2 Å². The third kappa shape index (κ3) is 4.32. The highest BCUT2D eigenvalue weighted by molar-refractivity contribution is 6.07. The van der Waals surface area contributed by atoms with Gasteiger partial charge in [-0.15, -0.1) is 0 Å². The number of hydrogen-bond donors (Lipinski definition) is 3. The van der Waals surface area contributed by atoms with Gasteiger partial charge >= 0.3 is 6.18 Å². The minimum absolute atomic E-state index is 0.145. The molecule has 2 aromatic carbocycles. The first kappa shape index (κ1) is 21.0. The molecular weight excluding hydrogens is 407 g/mol. The molecule has 1 aliphatic rings. The molecule has 0 radical (unpaired) electrons. The van der Waals surface area contributed by atoms with Gasteiger partial charge in [0.25, 0.3) is 5.91 Å². The molecule has 4 N–H and O–H groups in total. The van der Waals surface area contributed by atoms with E-state index in [4.69, 9.17) is 5.73 Å². The Kier molecular flexibility index (Phi) is 5.53. The van der Waals surface area contributed by atoms with Crippen LogP contribution in [-0.4, -0.2) is 35.0 Å². The molecule has 6 nitrogen and oxygen atoms in total. The summed E-state index contributed by atoms with van der Waals surface area (Å²) in [7, 11) is 0. The van der Waals surface area contributed by atoms with E-state index in [1.165, 1.54) is 12.1 Å². The highest BCUT2D eigenvalue weighted by atomic mass is 19.4. The Labute approximate surface area is 177 Å². The van der Waals surface area contributed by atoms with Crippen LogP contribution < -0.4 is 16.4 Å². The van der Waals surface area contributed by atoms with Crippen molar-refractivity contribution in [3.8, 4) is 0 Å². The van der Waals surface area contributed by atoms with Crippen LogP contribution in [0.1, 0.15) is 39.6 Å². The third-order valence-electron chi connectivity index (χ3n) is 5.55. The average molecular weight is 429 g/mol. The SMILES string of the molecule is Cc1nc(N[C@H]2CNCC[C@@H]2c2cccc(C(F)(F)F)c2)c2cccc(C(N)=O)c2n1. The van der Waals surface area contributed by atoms with Crippen molar-refractivity contribution < 1.29 is 18.0 Å². The number of nitrogens with two attached hydrogens (primary N) is 1. The molecule has 1 aliphatic heterocycles. The summed E-state index contributed by atoms with van der Waals surface area (Å²) in [6, 6.07) is 10.4.